The van der Waals surface area contributed by atoms with Crippen molar-refractivity contribution in [3.63, 3.8) is 0 Å². The second-order valence-electron chi connectivity index (χ2n) is 9.58. The molecule has 1 saturated heterocycles. The molecule has 0 unspecified atom stereocenters. The van der Waals surface area contributed by atoms with Crippen molar-refractivity contribution in [1.82, 2.24) is 20.2 Å². The number of aromatic nitrogens is 2. The van der Waals surface area contributed by atoms with Gasteiger partial charge in [0, 0.05) is 55.9 Å². The number of fused-ring (bicyclic) bond motifs is 1. The molecule has 0 radical (unpaired) electrons. The first-order valence-electron chi connectivity index (χ1n) is 11.0. The zero-order valence-corrected chi connectivity index (χ0v) is 18.8. The van der Waals surface area contributed by atoms with Crippen molar-refractivity contribution in [2.45, 2.75) is 51.4 Å². The monoisotopic (exact) mass is 467 g/mol. The number of rotatable bonds is 3. The second kappa shape index (κ2) is 8.42. The normalized spacial score (nSPS) is 21.6. The van der Waals surface area contributed by atoms with E-state index in [1.807, 2.05) is 4.90 Å². The number of halogens is 3. The summed E-state index contributed by atoms with van der Waals surface area (Å²) in [7, 11) is 0. The van der Waals surface area contributed by atoms with Crippen molar-refractivity contribution >= 4 is 28.7 Å². The first kappa shape index (κ1) is 23.2. The van der Waals surface area contributed by atoms with Crippen LogP contribution in [0.25, 0.3) is 10.9 Å². The van der Waals surface area contributed by atoms with E-state index >= 15 is 0 Å². The molecular weight excluding hydrogens is 439 g/mol. The number of nitrogens with one attached hydrogen (secondary N) is 2. The first-order valence-corrected chi connectivity index (χ1v) is 11.0. The number of nitrogens with zero attached hydrogens (tertiary/aromatic N) is 3. The van der Waals surface area contributed by atoms with Gasteiger partial charge in [-0.2, -0.15) is 13.2 Å². The van der Waals surface area contributed by atoms with E-state index in [9.17, 15) is 22.8 Å². The summed E-state index contributed by atoms with van der Waals surface area (Å²) in [6, 6.07) is 1.33. The van der Waals surface area contributed by atoms with Crippen LogP contribution in [-0.2, 0) is 15.7 Å². The fourth-order valence-electron chi connectivity index (χ4n) is 4.31. The lowest BCUT2D eigenvalue weighted by molar-refractivity contribution is -0.139. The lowest BCUT2D eigenvalue weighted by atomic mass is 9.79. The Hall–Kier alpha value is -2.98. The highest BCUT2D eigenvalue weighted by Crippen LogP contribution is 2.37. The summed E-state index contributed by atoms with van der Waals surface area (Å²) >= 11 is 0. The van der Waals surface area contributed by atoms with Crippen LogP contribution in [0.4, 0.5) is 23.8 Å². The molecule has 11 heteroatoms. The number of carbonyl (C=O) groups excluding carboxylic acids is 2. The van der Waals surface area contributed by atoms with Gasteiger partial charge in [0.25, 0.3) is 0 Å². The summed E-state index contributed by atoms with van der Waals surface area (Å²) in [5, 5.41) is 2.87. The molecule has 1 saturated carbocycles. The van der Waals surface area contributed by atoms with Gasteiger partial charge in [-0.3, -0.25) is 4.79 Å². The minimum atomic E-state index is -4.48. The van der Waals surface area contributed by atoms with Gasteiger partial charge in [0.2, 0.25) is 5.91 Å². The molecule has 0 atom stereocenters. The van der Waals surface area contributed by atoms with Crippen LogP contribution >= 0.6 is 0 Å². The van der Waals surface area contributed by atoms with E-state index in [0.717, 1.165) is 6.20 Å². The number of hydrogen-bond donors (Lipinski definition) is 2. The number of anilines is 1. The number of alkyl carbamates (subject to hydrolysis) is 1. The van der Waals surface area contributed by atoms with Gasteiger partial charge < -0.3 is 24.8 Å². The molecule has 2 N–H and O–H groups in total. The minimum absolute atomic E-state index is 0.0438. The molecule has 2 aromatic rings. The van der Waals surface area contributed by atoms with Crippen LogP contribution < -0.4 is 10.2 Å². The SMILES string of the molecule is CC(C)(C)OC(=O)NC1CC(C(=O)N2CCN(c3ncc(C(F)(F)F)c4cc[nH]c34)CC2)C1. The van der Waals surface area contributed by atoms with E-state index in [2.05, 4.69) is 15.3 Å². The van der Waals surface area contributed by atoms with Gasteiger partial charge in [-0.15, -0.1) is 0 Å². The van der Waals surface area contributed by atoms with Crippen molar-refractivity contribution in [2.75, 3.05) is 31.1 Å². The summed E-state index contributed by atoms with van der Waals surface area (Å²) in [5.74, 6) is 0.360. The van der Waals surface area contributed by atoms with Crippen molar-refractivity contribution < 1.29 is 27.5 Å². The van der Waals surface area contributed by atoms with Crippen LogP contribution in [-0.4, -0.2) is 64.7 Å². The number of alkyl halides is 3. The largest absolute Gasteiger partial charge is 0.444 e. The molecule has 0 bridgehead atoms. The Bertz CT molecular complexity index is 1030. The lowest BCUT2D eigenvalue weighted by Gasteiger charge is -2.41. The van der Waals surface area contributed by atoms with Gasteiger partial charge in [-0.05, 0) is 39.7 Å². The van der Waals surface area contributed by atoms with E-state index < -0.39 is 23.4 Å². The van der Waals surface area contributed by atoms with Crippen LogP contribution in [0.2, 0.25) is 0 Å². The van der Waals surface area contributed by atoms with Crippen LogP contribution in [0.1, 0.15) is 39.2 Å². The molecule has 0 aromatic carbocycles. The molecule has 2 aliphatic rings. The maximum absolute atomic E-state index is 13.3. The Morgan fingerprint density at radius 1 is 1.15 bits per heavy atom. The van der Waals surface area contributed by atoms with Crippen LogP contribution in [0.15, 0.2) is 18.5 Å². The lowest BCUT2D eigenvalue weighted by Crippen LogP contribution is -2.55. The molecule has 2 amide bonds. The number of hydrogen-bond acceptors (Lipinski definition) is 5. The third-order valence-electron chi connectivity index (χ3n) is 5.98. The molecule has 1 aliphatic carbocycles. The molecular formula is C22H28F3N5O3. The van der Waals surface area contributed by atoms with Crippen LogP contribution in [0.5, 0.6) is 0 Å². The molecule has 8 nitrogen and oxygen atoms in total. The second-order valence-corrected chi connectivity index (χ2v) is 9.58. The summed E-state index contributed by atoms with van der Waals surface area (Å²) in [6.07, 6.45) is -1.47. The summed E-state index contributed by atoms with van der Waals surface area (Å²) in [5.41, 5.74) is -0.994. The molecule has 33 heavy (non-hydrogen) atoms. The number of piperazine rings is 1. The van der Waals surface area contributed by atoms with E-state index in [1.165, 1.54) is 12.3 Å². The Morgan fingerprint density at radius 2 is 1.82 bits per heavy atom. The molecule has 4 rings (SSSR count). The Kier molecular flexibility index (Phi) is 5.92. The van der Waals surface area contributed by atoms with E-state index in [1.54, 1.807) is 25.7 Å². The number of aromatic amines is 1. The summed E-state index contributed by atoms with van der Waals surface area (Å²) in [6.45, 7) is 7.25. The Balaban J connectivity index is 1.31. The first-order chi connectivity index (χ1) is 15.4. The zero-order valence-electron chi connectivity index (χ0n) is 18.8. The third-order valence-corrected chi connectivity index (χ3v) is 5.98. The number of H-pyrrole nitrogens is 1. The van der Waals surface area contributed by atoms with Gasteiger partial charge in [0.1, 0.15) is 5.60 Å². The fraction of sp³-hybridized carbons (Fsp3) is 0.591. The predicted octanol–water partition coefficient (Wildman–Crippen LogP) is 3.53. The average Bonchev–Trinajstić information content (AvgIpc) is 3.17. The van der Waals surface area contributed by atoms with Crippen LogP contribution in [0.3, 0.4) is 0 Å². The van der Waals surface area contributed by atoms with Crippen LogP contribution in [0, 0.1) is 5.92 Å². The molecule has 2 aromatic heterocycles. The maximum Gasteiger partial charge on any atom is 0.418 e. The standard InChI is InChI=1S/C22H28F3N5O3/c1-21(2,3)33-20(32)28-14-10-13(11-14)19(31)30-8-6-29(7-9-30)18-17-15(4-5-26-17)16(12-27-18)22(23,24)25/h4-5,12-14,26H,6-11H2,1-3H3,(H,28,32). The third kappa shape index (κ3) is 5.01. The maximum atomic E-state index is 13.3. The number of pyridine rings is 1. The Morgan fingerprint density at radius 3 is 2.42 bits per heavy atom. The number of ether oxygens (including phenoxy) is 1. The van der Waals surface area contributed by atoms with Gasteiger partial charge in [-0.25, -0.2) is 9.78 Å². The summed E-state index contributed by atoms with van der Waals surface area (Å²) in [4.78, 5) is 35.3. The van der Waals surface area contributed by atoms with Gasteiger partial charge in [-0.1, -0.05) is 0 Å². The quantitative estimate of drug-likeness (QED) is 0.721. The highest BCUT2D eigenvalue weighted by Gasteiger charge is 2.39. The van der Waals surface area contributed by atoms with E-state index in [4.69, 9.17) is 4.74 Å². The molecule has 1 aliphatic heterocycles. The zero-order chi connectivity index (χ0) is 24.0. The van der Waals surface area contributed by atoms with Crippen molar-refractivity contribution in [2.24, 2.45) is 5.92 Å². The van der Waals surface area contributed by atoms with E-state index in [0.29, 0.717) is 50.4 Å². The number of carbonyl (C=O) groups is 2. The predicted molar refractivity (Wildman–Crippen MR) is 116 cm³/mol. The minimum Gasteiger partial charge on any atom is -0.444 e. The fourth-order valence-corrected chi connectivity index (χ4v) is 4.31. The van der Waals surface area contributed by atoms with Gasteiger partial charge in [0.05, 0.1) is 11.1 Å². The highest BCUT2D eigenvalue weighted by atomic mass is 19.4. The molecule has 180 valence electrons. The Labute approximate surface area is 189 Å². The van der Waals surface area contributed by atoms with Gasteiger partial charge in [0.15, 0.2) is 5.82 Å². The average molecular weight is 467 g/mol. The van der Waals surface area contributed by atoms with E-state index in [-0.39, 0.29) is 23.3 Å². The molecule has 0 spiro atoms. The number of amides is 2. The van der Waals surface area contributed by atoms with Crippen molar-refractivity contribution in [1.29, 1.82) is 0 Å². The molecule has 2 fully saturated rings. The topological polar surface area (TPSA) is 90.6 Å². The summed E-state index contributed by atoms with van der Waals surface area (Å²) < 4.78 is 45.0. The smallest absolute Gasteiger partial charge is 0.418 e. The van der Waals surface area contributed by atoms with Gasteiger partial charge >= 0.3 is 12.3 Å². The molecule has 3 heterocycles. The van der Waals surface area contributed by atoms with Crippen molar-refractivity contribution in [3.8, 4) is 0 Å². The highest BCUT2D eigenvalue weighted by molar-refractivity contribution is 5.92. The van der Waals surface area contributed by atoms with Crippen molar-refractivity contribution in [3.05, 3.63) is 24.0 Å².